The van der Waals surface area contributed by atoms with Crippen LogP contribution in [0, 0.1) is 11.8 Å². The minimum absolute atomic E-state index is 0.195. The molecular formula is C16H20N2O3. The number of Topliss-reactive ketones (excluding diaryl/α,β-unsaturated/α-hetero) is 1. The van der Waals surface area contributed by atoms with E-state index in [0.29, 0.717) is 13.2 Å². The van der Waals surface area contributed by atoms with Crippen molar-refractivity contribution in [2.45, 2.75) is 20.8 Å². The standard InChI is InChI=1S/C16H20N2O3/c1-11(2)10-21-16(20)14-9-18(17-15(14)12(3)19)13-7-5-4-6-8-13/h4-8,11,14H,9-10H2,1-3H3/t14-/m0/s1. The van der Waals surface area contributed by atoms with Crippen LogP contribution >= 0.6 is 0 Å². The lowest BCUT2D eigenvalue weighted by Crippen LogP contribution is -2.32. The smallest absolute Gasteiger partial charge is 0.317 e. The van der Waals surface area contributed by atoms with Gasteiger partial charge in [0.05, 0.1) is 18.8 Å². The summed E-state index contributed by atoms with van der Waals surface area (Å²) in [6, 6.07) is 9.47. The van der Waals surface area contributed by atoms with Crippen molar-refractivity contribution in [2.75, 3.05) is 18.2 Å². The molecule has 0 radical (unpaired) electrons. The van der Waals surface area contributed by atoms with Crippen LogP contribution in [-0.2, 0) is 14.3 Å². The van der Waals surface area contributed by atoms with E-state index in [0.717, 1.165) is 5.69 Å². The zero-order valence-corrected chi connectivity index (χ0v) is 12.6. The molecule has 0 saturated heterocycles. The fourth-order valence-electron chi connectivity index (χ4n) is 2.11. The monoisotopic (exact) mass is 288 g/mol. The van der Waals surface area contributed by atoms with E-state index >= 15 is 0 Å². The molecule has 0 aliphatic carbocycles. The molecule has 112 valence electrons. The number of esters is 1. The van der Waals surface area contributed by atoms with Crippen LogP contribution in [0.2, 0.25) is 0 Å². The highest BCUT2D eigenvalue weighted by Crippen LogP contribution is 2.23. The summed E-state index contributed by atoms with van der Waals surface area (Å²) in [5.74, 6) is -0.921. The van der Waals surface area contributed by atoms with Crippen molar-refractivity contribution in [3.63, 3.8) is 0 Å². The van der Waals surface area contributed by atoms with Gasteiger partial charge in [-0.15, -0.1) is 0 Å². The molecule has 0 aromatic heterocycles. The maximum atomic E-state index is 12.2. The summed E-state index contributed by atoms with van der Waals surface area (Å²) >= 11 is 0. The summed E-state index contributed by atoms with van der Waals surface area (Å²) in [6.07, 6.45) is 0. The van der Waals surface area contributed by atoms with Gasteiger partial charge in [-0.2, -0.15) is 5.10 Å². The molecule has 0 amide bonds. The number of hydrazone groups is 1. The molecule has 5 nitrogen and oxygen atoms in total. The Morgan fingerprint density at radius 2 is 2.00 bits per heavy atom. The number of nitrogens with zero attached hydrogens (tertiary/aromatic N) is 2. The first kappa shape index (κ1) is 15.2. The molecule has 0 saturated carbocycles. The van der Waals surface area contributed by atoms with Crippen LogP contribution in [0.3, 0.4) is 0 Å². The number of rotatable bonds is 5. The van der Waals surface area contributed by atoms with Crippen LogP contribution in [0.5, 0.6) is 0 Å². The summed E-state index contributed by atoms with van der Waals surface area (Å²) in [4.78, 5) is 23.9. The van der Waals surface area contributed by atoms with E-state index in [-0.39, 0.29) is 23.4 Å². The summed E-state index contributed by atoms with van der Waals surface area (Å²) < 4.78 is 5.25. The Hall–Kier alpha value is -2.17. The molecule has 1 atom stereocenters. The zero-order chi connectivity index (χ0) is 15.4. The van der Waals surface area contributed by atoms with Crippen molar-refractivity contribution in [3.8, 4) is 0 Å². The first-order valence-electron chi connectivity index (χ1n) is 7.07. The molecule has 2 rings (SSSR count). The Morgan fingerprint density at radius 1 is 1.33 bits per heavy atom. The number of ether oxygens (including phenoxy) is 1. The molecule has 0 spiro atoms. The number of hydrogen-bond acceptors (Lipinski definition) is 5. The van der Waals surface area contributed by atoms with Crippen LogP contribution < -0.4 is 5.01 Å². The predicted molar refractivity (Wildman–Crippen MR) is 81.2 cm³/mol. The second-order valence-electron chi connectivity index (χ2n) is 5.54. The Morgan fingerprint density at radius 3 is 2.57 bits per heavy atom. The van der Waals surface area contributed by atoms with Gasteiger partial charge in [-0.1, -0.05) is 32.0 Å². The average Bonchev–Trinajstić information content (AvgIpc) is 2.91. The fraction of sp³-hybridized carbons (Fsp3) is 0.438. The van der Waals surface area contributed by atoms with E-state index in [1.165, 1.54) is 6.92 Å². The van der Waals surface area contributed by atoms with Gasteiger partial charge >= 0.3 is 5.97 Å². The topological polar surface area (TPSA) is 59.0 Å². The molecule has 0 unspecified atom stereocenters. The van der Waals surface area contributed by atoms with Gasteiger partial charge < -0.3 is 4.74 Å². The molecule has 1 aromatic carbocycles. The van der Waals surface area contributed by atoms with Crippen molar-refractivity contribution in [1.29, 1.82) is 0 Å². The zero-order valence-electron chi connectivity index (χ0n) is 12.6. The first-order chi connectivity index (χ1) is 9.99. The highest BCUT2D eigenvalue weighted by atomic mass is 16.5. The van der Waals surface area contributed by atoms with Crippen LogP contribution in [0.4, 0.5) is 5.69 Å². The van der Waals surface area contributed by atoms with E-state index in [2.05, 4.69) is 5.10 Å². The van der Waals surface area contributed by atoms with Gasteiger partial charge in [-0.25, -0.2) is 0 Å². The second kappa shape index (κ2) is 6.52. The van der Waals surface area contributed by atoms with Gasteiger partial charge in [0.25, 0.3) is 0 Å². The lowest BCUT2D eigenvalue weighted by Gasteiger charge is -2.16. The van der Waals surface area contributed by atoms with Gasteiger partial charge in [-0.3, -0.25) is 14.6 Å². The SMILES string of the molecule is CC(=O)C1=NN(c2ccccc2)C[C@@H]1C(=O)OCC(C)C. The van der Waals surface area contributed by atoms with Gasteiger partial charge in [-0.05, 0) is 18.1 Å². The lowest BCUT2D eigenvalue weighted by molar-refractivity contribution is -0.147. The molecule has 21 heavy (non-hydrogen) atoms. The van der Waals surface area contributed by atoms with Crippen LogP contribution in [0.15, 0.2) is 35.4 Å². The molecule has 0 fully saturated rings. The van der Waals surface area contributed by atoms with Crippen LogP contribution in [0.1, 0.15) is 20.8 Å². The van der Waals surface area contributed by atoms with Crippen molar-refractivity contribution < 1.29 is 14.3 Å². The van der Waals surface area contributed by atoms with E-state index in [1.807, 2.05) is 44.2 Å². The molecule has 0 N–H and O–H groups in total. The number of hydrogen-bond donors (Lipinski definition) is 0. The number of carbonyl (C=O) groups is 2. The summed E-state index contributed by atoms with van der Waals surface area (Å²) in [5, 5.41) is 5.97. The Labute approximate surface area is 124 Å². The number of para-hydroxylation sites is 1. The van der Waals surface area contributed by atoms with Gasteiger partial charge in [0.1, 0.15) is 11.6 Å². The third-order valence-electron chi connectivity index (χ3n) is 3.17. The molecule has 1 aliphatic rings. The highest BCUT2D eigenvalue weighted by molar-refractivity contribution is 6.43. The molecule has 1 heterocycles. The Bertz CT molecular complexity index is 552. The van der Waals surface area contributed by atoms with Crippen LogP contribution in [-0.4, -0.2) is 30.6 Å². The largest absolute Gasteiger partial charge is 0.465 e. The van der Waals surface area contributed by atoms with E-state index in [9.17, 15) is 9.59 Å². The van der Waals surface area contributed by atoms with Crippen molar-refractivity contribution in [3.05, 3.63) is 30.3 Å². The quantitative estimate of drug-likeness (QED) is 0.780. The van der Waals surface area contributed by atoms with E-state index < -0.39 is 5.92 Å². The number of benzene rings is 1. The lowest BCUT2D eigenvalue weighted by atomic mass is 10.0. The molecule has 1 aromatic rings. The maximum Gasteiger partial charge on any atom is 0.317 e. The van der Waals surface area contributed by atoms with E-state index in [4.69, 9.17) is 4.74 Å². The summed E-state index contributed by atoms with van der Waals surface area (Å²) in [5.41, 5.74) is 1.13. The minimum Gasteiger partial charge on any atom is -0.465 e. The van der Waals surface area contributed by atoms with Crippen molar-refractivity contribution in [2.24, 2.45) is 16.9 Å². The second-order valence-corrected chi connectivity index (χ2v) is 5.54. The Kier molecular flexibility index (Phi) is 4.73. The fourth-order valence-corrected chi connectivity index (χ4v) is 2.11. The van der Waals surface area contributed by atoms with Gasteiger partial charge in [0.15, 0.2) is 5.78 Å². The van der Waals surface area contributed by atoms with Crippen molar-refractivity contribution in [1.82, 2.24) is 0 Å². The number of anilines is 1. The molecule has 1 aliphatic heterocycles. The summed E-state index contributed by atoms with van der Waals surface area (Å²) in [6.45, 7) is 6.06. The molecule has 0 bridgehead atoms. The van der Waals surface area contributed by atoms with Crippen LogP contribution in [0.25, 0.3) is 0 Å². The minimum atomic E-state index is -0.610. The number of ketones is 1. The third-order valence-corrected chi connectivity index (χ3v) is 3.17. The molecular weight excluding hydrogens is 268 g/mol. The van der Waals surface area contributed by atoms with Gasteiger partial charge in [0.2, 0.25) is 0 Å². The Balaban J connectivity index is 2.15. The normalized spacial score (nSPS) is 17.8. The maximum absolute atomic E-state index is 12.2. The average molecular weight is 288 g/mol. The number of carbonyl (C=O) groups excluding carboxylic acids is 2. The molecule has 5 heteroatoms. The first-order valence-corrected chi connectivity index (χ1v) is 7.07. The highest BCUT2D eigenvalue weighted by Gasteiger charge is 2.36. The van der Waals surface area contributed by atoms with Crippen molar-refractivity contribution >= 4 is 23.2 Å². The van der Waals surface area contributed by atoms with Gasteiger partial charge in [0, 0.05) is 6.92 Å². The van der Waals surface area contributed by atoms with E-state index in [1.54, 1.807) is 5.01 Å². The third kappa shape index (κ3) is 3.68. The summed E-state index contributed by atoms with van der Waals surface area (Å²) in [7, 11) is 0. The predicted octanol–water partition coefficient (Wildman–Crippen LogP) is 2.27.